The lowest BCUT2D eigenvalue weighted by Crippen LogP contribution is -2.27. The van der Waals surface area contributed by atoms with Gasteiger partial charge in [0.25, 0.3) is 5.91 Å². The van der Waals surface area contributed by atoms with Crippen LogP contribution in [0.4, 0.5) is 11.4 Å². The van der Waals surface area contributed by atoms with Gasteiger partial charge in [-0.3, -0.25) is 14.6 Å². The van der Waals surface area contributed by atoms with Gasteiger partial charge in [-0.2, -0.15) is 0 Å². The molecule has 2 aromatic carbocycles. The van der Waals surface area contributed by atoms with E-state index in [1.807, 2.05) is 57.4 Å². The molecule has 0 aliphatic carbocycles. The molecule has 3 aromatic rings. The van der Waals surface area contributed by atoms with Crippen molar-refractivity contribution in [2.24, 2.45) is 0 Å². The Morgan fingerprint density at radius 3 is 2.59 bits per heavy atom. The van der Waals surface area contributed by atoms with Crippen LogP contribution in [0.2, 0.25) is 0 Å². The second-order valence-electron chi connectivity index (χ2n) is 6.65. The van der Waals surface area contributed by atoms with Crippen molar-refractivity contribution in [3.63, 3.8) is 0 Å². The second kappa shape index (κ2) is 7.97. The number of anilines is 2. The van der Waals surface area contributed by atoms with Crippen molar-refractivity contribution in [2.75, 3.05) is 31.3 Å². The first-order chi connectivity index (χ1) is 12.9. The Morgan fingerprint density at radius 2 is 1.81 bits per heavy atom. The van der Waals surface area contributed by atoms with Crippen LogP contribution in [0.15, 0.2) is 54.7 Å². The predicted octanol–water partition coefficient (Wildman–Crippen LogP) is 3.30. The molecule has 0 unspecified atom stereocenters. The highest BCUT2D eigenvalue weighted by Gasteiger charge is 2.12. The Hall–Kier alpha value is -3.25. The van der Waals surface area contributed by atoms with Crippen molar-refractivity contribution in [2.45, 2.75) is 6.92 Å². The zero-order chi connectivity index (χ0) is 19.4. The van der Waals surface area contributed by atoms with Gasteiger partial charge in [0.1, 0.15) is 0 Å². The minimum absolute atomic E-state index is 0.105. The van der Waals surface area contributed by atoms with Crippen LogP contribution in [0.1, 0.15) is 15.9 Å². The molecule has 0 saturated carbocycles. The Kier molecular flexibility index (Phi) is 5.47. The van der Waals surface area contributed by atoms with E-state index < -0.39 is 0 Å². The number of hydrogen-bond acceptors (Lipinski definition) is 4. The Balaban J connectivity index is 1.82. The lowest BCUT2D eigenvalue weighted by Gasteiger charge is -2.14. The molecule has 1 aromatic heterocycles. The van der Waals surface area contributed by atoms with Crippen molar-refractivity contribution in [1.82, 2.24) is 9.88 Å². The van der Waals surface area contributed by atoms with Crippen molar-refractivity contribution in [3.8, 4) is 0 Å². The van der Waals surface area contributed by atoms with E-state index in [1.165, 1.54) is 0 Å². The SMILES string of the molecule is Cc1ccc(NC(=O)c2ccnc3ccccc23)cc1NC(=O)CN(C)C. The number of fused-ring (bicyclic) bond motifs is 1. The fourth-order valence-corrected chi connectivity index (χ4v) is 2.80. The minimum Gasteiger partial charge on any atom is -0.325 e. The number of likely N-dealkylation sites (N-methyl/N-ethyl adjacent to an activating group) is 1. The van der Waals surface area contributed by atoms with Crippen LogP contribution in [-0.4, -0.2) is 42.3 Å². The molecule has 2 amide bonds. The molecule has 27 heavy (non-hydrogen) atoms. The van der Waals surface area contributed by atoms with E-state index in [9.17, 15) is 9.59 Å². The van der Waals surface area contributed by atoms with Crippen molar-refractivity contribution < 1.29 is 9.59 Å². The van der Waals surface area contributed by atoms with Crippen LogP contribution < -0.4 is 10.6 Å². The van der Waals surface area contributed by atoms with E-state index in [4.69, 9.17) is 0 Å². The maximum atomic E-state index is 12.8. The van der Waals surface area contributed by atoms with E-state index in [0.717, 1.165) is 16.5 Å². The number of pyridine rings is 1. The third kappa shape index (κ3) is 4.48. The molecule has 138 valence electrons. The molecule has 1 heterocycles. The molecule has 0 bridgehead atoms. The lowest BCUT2D eigenvalue weighted by molar-refractivity contribution is -0.116. The van der Waals surface area contributed by atoms with Crippen molar-refractivity contribution in [3.05, 3.63) is 65.9 Å². The first kappa shape index (κ1) is 18.5. The van der Waals surface area contributed by atoms with E-state index in [0.29, 0.717) is 23.5 Å². The highest BCUT2D eigenvalue weighted by Crippen LogP contribution is 2.22. The van der Waals surface area contributed by atoms with Crippen LogP contribution in [0, 0.1) is 6.92 Å². The number of benzene rings is 2. The van der Waals surface area contributed by atoms with Crippen LogP contribution in [-0.2, 0) is 4.79 Å². The molecule has 0 spiro atoms. The summed E-state index contributed by atoms with van der Waals surface area (Å²) in [5.41, 5.74) is 3.55. The van der Waals surface area contributed by atoms with Gasteiger partial charge in [-0.05, 0) is 50.8 Å². The van der Waals surface area contributed by atoms with Gasteiger partial charge in [-0.1, -0.05) is 24.3 Å². The molecule has 0 aliphatic rings. The molecular formula is C21H22N4O2. The van der Waals surface area contributed by atoms with Crippen molar-refractivity contribution in [1.29, 1.82) is 0 Å². The summed E-state index contributed by atoms with van der Waals surface area (Å²) in [4.78, 5) is 30.9. The molecule has 2 N–H and O–H groups in total. The number of aryl methyl sites for hydroxylation is 1. The molecule has 3 rings (SSSR count). The number of amides is 2. The molecule has 0 saturated heterocycles. The fraction of sp³-hybridized carbons (Fsp3) is 0.190. The molecule has 6 heteroatoms. The van der Waals surface area contributed by atoms with Crippen LogP contribution in [0.25, 0.3) is 10.9 Å². The largest absolute Gasteiger partial charge is 0.325 e. The number of carbonyl (C=O) groups is 2. The normalized spacial score (nSPS) is 10.8. The van der Waals surface area contributed by atoms with Gasteiger partial charge >= 0.3 is 0 Å². The average Bonchev–Trinajstić information content (AvgIpc) is 2.63. The summed E-state index contributed by atoms with van der Waals surface area (Å²) in [5, 5.41) is 6.58. The molecule has 6 nitrogen and oxygen atoms in total. The Bertz CT molecular complexity index is 993. The van der Waals surface area contributed by atoms with Gasteiger partial charge in [0.05, 0.1) is 17.6 Å². The van der Waals surface area contributed by atoms with Gasteiger partial charge in [0.2, 0.25) is 5.91 Å². The third-order valence-electron chi connectivity index (χ3n) is 4.12. The van der Waals surface area contributed by atoms with Crippen LogP contribution in [0.3, 0.4) is 0 Å². The average molecular weight is 362 g/mol. The third-order valence-corrected chi connectivity index (χ3v) is 4.12. The summed E-state index contributed by atoms with van der Waals surface area (Å²) in [7, 11) is 3.67. The maximum Gasteiger partial charge on any atom is 0.256 e. The predicted molar refractivity (Wildman–Crippen MR) is 108 cm³/mol. The number of para-hydroxylation sites is 1. The van der Waals surface area contributed by atoms with Gasteiger partial charge < -0.3 is 15.5 Å². The zero-order valence-corrected chi connectivity index (χ0v) is 15.6. The first-order valence-corrected chi connectivity index (χ1v) is 8.64. The molecule has 0 atom stereocenters. The van der Waals surface area contributed by atoms with Crippen molar-refractivity contribution >= 4 is 34.1 Å². The van der Waals surface area contributed by atoms with Gasteiger partial charge in [-0.25, -0.2) is 0 Å². The maximum absolute atomic E-state index is 12.8. The van der Waals surface area contributed by atoms with Crippen LogP contribution >= 0.6 is 0 Å². The molecule has 0 radical (unpaired) electrons. The monoisotopic (exact) mass is 362 g/mol. The minimum atomic E-state index is -0.219. The number of carbonyl (C=O) groups excluding carboxylic acids is 2. The van der Waals surface area contributed by atoms with E-state index in [-0.39, 0.29) is 11.8 Å². The zero-order valence-electron chi connectivity index (χ0n) is 15.6. The number of aromatic nitrogens is 1. The molecule has 0 aliphatic heterocycles. The summed E-state index contributed by atoms with van der Waals surface area (Å²) in [6.45, 7) is 2.20. The highest BCUT2D eigenvalue weighted by molar-refractivity contribution is 6.12. The summed E-state index contributed by atoms with van der Waals surface area (Å²) in [5.74, 6) is -0.324. The Labute approximate surface area is 158 Å². The quantitative estimate of drug-likeness (QED) is 0.730. The smallest absolute Gasteiger partial charge is 0.256 e. The topological polar surface area (TPSA) is 74.3 Å². The second-order valence-corrected chi connectivity index (χ2v) is 6.65. The van der Waals surface area contributed by atoms with E-state index in [2.05, 4.69) is 15.6 Å². The molecule has 0 fully saturated rings. The standard InChI is InChI=1S/C21H22N4O2/c1-14-8-9-15(12-19(14)24-20(26)13-25(2)3)23-21(27)17-10-11-22-18-7-5-4-6-16(17)18/h4-12H,13H2,1-3H3,(H,23,27)(H,24,26). The summed E-state index contributed by atoms with van der Waals surface area (Å²) >= 11 is 0. The highest BCUT2D eigenvalue weighted by atomic mass is 16.2. The summed E-state index contributed by atoms with van der Waals surface area (Å²) in [6, 6.07) is 14.7. The number of nitrogens with zero attached hydrogens (tertiary/aromatic N) is 2. The van der Waals surface area contributed by atoms with Gasteiger partial charge in [0, 0.05) is 23.0 Å². The summed E-state index contributed by atoms with van der Waals surface area (Å²) in [6.07, 6.45) is 1.62. The van der Waals surface area contributed by atoms with Crippen LogP contribution in [0.5, 0.6) is 0 Å². The van der Waals surface area contributed by atoms with Gasteiger partial charge in [-0.15, -0.1) is 0 Å². The summed E-state index contributed by atoms with van der Waals surface area (Å²) < 4.78 is 0. The van der Waals surface area contributed by atoms with Gasteiger partial charge in [0.15, 0.2) is 0 Å². The molecular weight excluding hydrogens is 340 g/mol. The lowest BCUT2D eigenvalue weighted by atomic mass is 10.1. The number of hydrogen-bond donors (Lipinski definition) is 2. The first-order valence-electron chi connectivity index (χ1n) is 8.64. The number of nitrogens with one attached hydrogen (secondary N) is 2. The fourth-order valence-electron chi connectivity index (χ4n) is 2.80. The Morgan fingerprint density at radius 1 is 1.04 bits per heavy atom. The van der Waals surface area contributed by atoms with E-state index >= 15 is 0 Å². The number of rotatable bonds is 5. The van der Waals surface area contributed by atoms with E-state index in [1.54, 1.807) is 23.2 Å².